The molecule has 0 radical (unpaired) electrons. The molecule has 0 atom stereocenters. The number of rotatable bonds is 5. The lowest BCUT2D eigenvalue weighted by Gasteiger charge is -2.05. The Morgan fingerprint density at radius 2 is 1.92 bits per heavy atom. The Bertz CT molecular complexity index is 888. The van der Waals surface area contributed by atoms with Crippen LogP contribution in [0.2, 0.25) is 10.0 Å². The highest BCUT2D eigenvalue weighted by Crippen LogP contribution is 2.23. The number of hydrogen-bond donors (Lipinski definition) is 1. The van der Waals surface area contributed by atoms with Crippen molar-refractivity contribution < 1.29 is 9.59 Å². The van der Waals surface area contributed by atoms with Gasteiger partial charge in [0.25, 0.3) is 5.91 Å². The van der Waals surface area contributed by atoms with E-state index in [0.29, 0.717) is 32.6 Å². The van der Waals surface area contributed by atoms with Crippen LogP contribution in [0.1, 0.15) is 30.5 Å². The first-order valence-corrected chi connectivity index (χ1v) is 9.45. The normalized spacial score (nSPS) is 10.6. The zero-order chi connectivity index (χ0) is 17.1. The molecule has 0 bridgehead atoms. The van der Waals surface area contributed by atoms with E-state index in [4.69, 9.17) is 23.2 Å². The SMILES string of the molecule is O=C(c1ccsc1)c1ccc(CNC(=O)c2ccc(Cl)cc2Cl)s1. The van der Waals surface area contributed by atoms with Crippen molar-refractivity contribution in [1.82, 2.24) is 5.32 Å². The number of nitrogens with one attached hydrogen (secondary N) is 1. The second-order valence-corrected chi connectivity index (χ2v) is 7.71. The molecule has 0 aliphatic carbocycles. The summed E-state index contributed by atoms with van der Waals surface area (Å²) in [6, 6.07) is 10.2. The number of ketones is 1. The molecule has 7 heteroatoms. The number of benzene rings is 1. The van der Waals surface area contributed by atoms with Gasteiger partial charge in [0.05, 0.1) is 22.0 Å². The van der Waals surface area contributed by atoms with Crippen LogP contribution in [0.5, 0.6) is 0 Å². The minimum absolute atomic E-state index is 0.000396. The average molecular weight is 396 g/mol. The lowest BCUT2D eigenvalue weighted by atomic mass is 10.2. The summed E-state index contributed by atoms with van der Waals surface area (Å²) in [5.41, 5.74) is 1.05. The van der Waals surface area contributed by atoms with Crippen molar-refractivity contribution in [2.24, 2.45) is 0 Å². The Kier molecular flexibility index (Phi) is 5.36. The monoisotopic (exact) mass is 395 g/mol. The van der Waals surface area contributed by atoms with E-state index < -0.39 is 0 Å². The van der Waals surface area contributed by atoms with Gasteiger partial charge < -0.3 is 5.32 Å². The van der Waals surface area contributed by atoms with Crippen LogP contribution in [-0.4, -0.2) is 11.7 Å². The highest BCUT2D eigenvalue weighted by atomic mass is 35.5. The molecular weight excluding hydrogens is 385 g/mol. The molecule has 1 amide bonds. The maximum atomic E-state index is 12.3. The number of amides is 1. The molecule has 0 spiro atoms. The minimum atomic E-state index is -0.282. The lowest BCUT2D eigenvalue weighted by molar-refractivity contribution is 0.0951. The highest BCUT2D eigenvalue weighted by molar-refractivity contribution is 7.14. The number of carbonyl (C=O) groups is 2. The van der Waals surface area contributed by atoms with E-state index in [1.54, 1.807) is 24.3 Å². The van der Waals surface area contributed by atoms with Crippen molar-refractivity contribution >= 4 is 57.6 Å². The molecule has 122 valence electrons. The Morgan fingerprint density at radius 3 is 2.62 bits per heavy atom. The smallest absolute Gasteiger partial charge is 0.253 e. The molecule has 0 fully saturated rings. The number of thiophene rings is 2. The zero-order valence-electron chi connectivity index (χ0n) is 12.2. The van der Waals surface area contributed by atoms with Crippen molar-refractivity contribution in [1.29, 1.82) is 0 Å². The minimum Gasteiger partial charge on any atom is -0.347 e. The fourth-order valence-corrected chi connectivity index (χ4v) is 4.11. The molecule has 3 rings (SSSR count). The van der Waals surface area contributed by atoms with E-state index in [9.17, 15) is 9.59 Å². The summed E-state index contributed by atoms with van der Waals surface area (Å²) in [7, 11) is 0. The zero-order valence-corrected chi connectivity index (χ0v) is 15.4. The third-order valence-electron chi connectivity index (χ3n) is 3.27. The summed E-state index contributed by atoms with van der Waals surface area (Å²) in [6.07, 6.45) is 0. The number of carbonyl (C=O) groups excluding carboxylic acids is 2. The van der Waals surface area contributed by atoms with E-state index in [1.807, 2.05) is 16.8 Å². The maximum Gasteiger partial charge on any atom is 0.253 e. The number of hydrogen-bond acceptors (Lipinski definition) is 4. The van der Waals surface area contributed by atoms with Crippen molar-refractivity contribution in [3.63, 3.8) is 0 Å². The molecule has 2 aromatic heterocycles. The van der Waals surface area contributed by atoms with Gasteiger partial charge in [0.15, 0.2) is 0 Å². The van der Waals surface area contributed by atoms with Gasteiger partial charge in [0, 0.05) is 20.8 Å². The molecule has 3 aromatic rings. The predicted molar refractivity (Wildman–Crippen MR) is 99.7 cm³/mol. The molecule has 0 saturated carbocycles. The molecule has 0 aliphatic heterocycles. The second kappa shape index (κ2) is 7.49. The summed E-state index contributed by atoms with van der Waals surface area (Å²) in [5.74, 6) is -0.282. The molecule has 2 heterocycles. The average Bonchev–Trinajstić information content (AvgIpc) is 3.24. The molecule has 1 aromatic carbocycles. The van der Waals surface area contributed by atoms with E-state index in [-0.39, 0.29) is 11.7 Å². The van der Waals surface area contributed by atoms with Gasteiger partial charge in [-0.1, -0.05) is 23.2 Å². The fraction of sp³-hybridized carbons (Fsp3) is 0.0588. The van der Waals surface area contributed by atoms with Gasteiger partial charge in [-0.25, -0.2) is 0 Å². The van der Waals surface area contributed by atoms with Crippen LogP contribution in [0.4, 0.5) is 0 Å². The molecule has 0 unspecified atom stereocenters. The van der Waals surface area contributed by atoms with E-state index in [0.717, 1.165) is 4.88 Å². The molecular formula is C17H11Cl2NO2S2. The van der Waals surface area contributed by atoms with Gasteiger partial charge in [-0.3, -0.25) is 9.59 Å². The van der Waals surface area contributed by atoms with Gasteiger partial charge in [0.2, 0.25) is 5.78 Å². The predicted octanol–water partition coefficient (Wildman–Crippen LogP) is 5.28. The van der Waals surface area contributed by atoms with E-state index in [1.165, 1.54) is 28.7 Å². The Labute approximate surface area is 156 Å². The first-order chi connectivity index (χ1) is 11.5. The molecule has 1 N–H and O–H groups in total. The Hall–Kier alpha value is -1.66. The van der Waals surface area contributed by atoms with Gasteiger partial charge in [0.1, 0.15) is 0 Å². The summed E-state index contributed by atoms with van der Waals surface area (Å²) in [4.78, 5) is 26.0. The second-order valence-electron chi connectivity index (χ2n) is 4.91. The topological polar surface area (TPSA) is 46.2 Å². The number of halogens is 2. The molecule has 0 saturated heterocycles. The van der Waals surface area contributed by atoms with Crippen molar-refractivity contribution in [3.05, 3.63) is 78.1 Å². The van der Waals surface area contributed by atoms with Crippen LogP contribution in [0.25, 0.3) is 0 Å². The third-order valence-corrected chi connectivity index (χ3v) is 5.58. The Morgan fingerprint density at radius 1 is 1.08 bits per heavy atom. The highest BCUT2D eigenvalue weighted by Gasteiger charge is 2.14. The van der Waals surface area contributed by atoms with Crippen LogP contribution in [0, 0.1) is 0 Å². The van der Waals surface area contributed by atoms with Crippen LogP contribution in [-0.2, 0) is 6.54 Å². The van der Waals surface area contributed by atoms with E-state index in [2.05, 4.69) is 5.32 Å². The Balaban J connectivity index is 1.65. The summed E-state index contributed by atoms with van der Waals surface area (Å²) in [5, 5.41) is 7.28. The molecule has 3 nitrogen and oxygen atoms in total. The van der Waals surface area contributed by atoms with Crippen molar-refractivity contribution in [2.75, 3.05) is 0 Å². The summed E-state index contributed by atoms with van der Waals surface area (Å²) < 4.78 is 0. The summed E-state index contributed by atoms with van der Waals surface area (Å²) in [6.45, 7) is 0.333. The van der Waals surface area contributed by atoms with Gasteiger partial charge in [-0.2, -0.15) is 11.3 Å². The van der Waals surface area contributed by atoms with Gasteiger partial charge >= 0.3 is 0 Å². The first kappa shape index (κ1) is 17.2. The van der Waals surface area contributed by atoms with Gasteiger partial charge in [-0.05, 0) is 41.8 Å². The van der Waals surface area contributed by atoms with Crippen molar-refractivity contribution in [2.45, 2.75) is 6.54 Å². The van der Waals surface area contributed by atoms with Crippen LogP contribution < -0.4 is 5.32 Å². The van der Waals surface area contributed by atoms with Crippen molar-refractivity contribution in [3.8, 4) is 0 Å². The third kappa shape index (κ3) is 3.87. The van der Waals surface area contributed by atoms with Crippen LogP contribution in [0.15, 0.2) is 47.2 Å². The van der Waals surface area contributed by atoms with Crippen LogP contribution in [0.3, 0.4) is 0 Å². The summed E-state index contributed by atoms with van der Waals surface area (Å²) >= 11 is 14.7. The van der Waals surface area contributed by atoms with Gasteiger partial charge in [-0.15, -0.1) is 11.3 Å². The molecule has 24 heavy (non-hydrogen) atoms. The fourth-order valence-electron chi connectivity index (χ4n) is 2.07. The quantitative estimate of drug-likeness (QED) is 0.597. The first-order valence-electron chi connectivity index (χ1n) is 6.93. The standard InChI is InChI=1S/C17H11Cl2NO2S2/c18-11-1-3-13(14(19)7-11)17(22)20-8-12-2-4-15(24-12)16(21)10-5-6-23-9-10/h1-7,9H,8H2,(H,20,22). The largest absolute Gasteiger partial charge is 0.347 e. The molecule has 0 aliphatic rings. The van der Waals surface area contributed by atoms with E-state index >= 15 is 0 Å². The van der Waals surface area contributed by atoms with Crippen LogP contribution >= 0.6 is 45.9 Å². The lowest BCUT2D eigenvalue weighted by Crippen LogP contribution is -2.22. The maximum absolute atomic E-state index is 12.3.